The van der Waals surface area contributed by atoms with Crippen molar-refractivity contribution in [2.24, 2.45) is 11.3 Å². The molecule has 0 saturated carbocycles. The predicted molar refractivity (Wildman–Crippen MR) is 136 cm³/mol. The number of carbonyl (C=O) groups is 2. The van der Waals surface area contributed by atoms with Gasteiger partial charge in [0.15, 0.2) is 0 Å². The number of rotatable bonds is 5. The lowest BCUT2D eigenvalue weighted by Gasteiger charge is -2.34. The Balaban J connectivity index is 1.65. The third-order valence-electron chi connectivity index (χ3n) is 6.63. The van der Waals surface area contributed by atoms with Gasteiger partial charge in [0.05, 0.1) is 11.6 Å². The Kier molecular flexibility index (Phi) is 6.71. The van der Waals surface area contributed by atoms with Crippen LogP contribution in [0.25, 0.3) is 0 Å². The Morgan fingerprint density at radius 2 is 1.61 bits per heavy atom. The number of thiophene rings is 1. The summed E-state index contributed by atoms with van der Waals surface area (Å²) in [5, 5.41) is 6.86. The first-order valence-corrected chi connectivity index (χ1v) is 12.4. The number of carbonyl (C=O) groups excluding carboxylic acids is 2. The maximum absolute atomic E-state index is 13.5. The summed E-state index contributed by atoms with van der Waals surface area (Å²) in [5.74, 6) is 0.244. The monoisotopic (exact) mass is 460 g/mol. The fourth-order valence-electron chi connectivity index (χ4n) is 4.51. The van der Waals surface area contributed by atoms with Crippen LogP contribution in [0.2, 0.25) is 0 Å². The van der Waals surface area contributed by atoms with Crippen LogP contribution in [0.1, 0.15) is 76.9 Å². The van der Waals surface area contributed by atoms with Crippen molar-refractivity contribution < 1.29 is 9.59 Å². The molecule has 0 aliphatic heterocycles. The van der Waals surface area contributed by atoms with Crippen molar-refractivity contribution in [3.05, 3.63) is 87.8 Å². The molecule has 1 aliphatic rings. The Bertz CT molecular complexity index is 1130. The third kappa shape index (κ3) is 5.19. The highest BCUT2D eigenvalue weighted by Gasteiger charge is 2.34. The molecule has 4 nitrogen and oxygen atoms in total. The van der Waals surface area contributed by atoms with Crippen LogP contribution >= 0.6 is 11.3 Å². The van der Waals surface area contributed by atoms with Gasteiger partial charge in [-0.1, -0.05) is 69.3 Å². The summed E-state index contributed by atoms with van der Waals surface area (Å²) < 4.78 is 0. The first kappa shape index (κ1) is 23.2. The van der Waals surface area contributed by atoms with Gasteiger partial charge in [0.1, 0.15) is 5.00 Å². The van der Waals surface area contributed by atoms with E-state index in [0.717, 1.165) is 30.4 Å². The fraction of sp³-hybridized carbons (Fsp3) is 0.357. The molecule has 172 valence electrons. The van der Waals surface area contributed by atoms with Gasteiger partial charge in [-0.3, -0.25) is 9.59 Å². The van der Waals surface area contributed by atoms with Crippen molar-refractivity contribution in [3.8, 4) is 0 Å². The summed E-state index contributed by atoms with van der Waals surface area (Å²) in [5.41, 5.74) is 3.58. The second-order valence-corrected chi connectivity index (χ2v) is 11.0. The van der Waals surface area contributed by atoms with E-state index in [1.54, 1.807) is 23.5 Å². The van der Waals surface area contributed by atoms with E-state index in [9.17, 15) is 9.59 Å². The minimum absolute atomic E-state index is 0.124. The molecule has 5 heteroatoms. The van der Waals surface area contributed by atoms with Gasteiger partial charge >= 0.3 is 0 Å². The van der Waals surface area contributed by atoms with Crippen molar-refractivity contribution in [2.45, 2.75) is 53.0 Å². The number of amides is 2. The second kappa shape index (κ2) is 9.52. The van der Waals surface area contributed by atoms with Crippen molar-refractivity contribution in [3.63, 3.8) is 0 Å². The highest BCUT2D eigenvalue weighted by atomic mass is 32.1. The van der Waals surface area contributed by atoms with E-state index in [2.05, 4.69) is 31.4 Å². The highest BCUT2D eigenvalue weighted by Crippen LogP contribution is 2.44. The van der Waals surface area contributed by atoms with Crippen LogP contribution in [0.15, 0.2) is 60.7 Å². The second-order valence-electron chi connectivity index (χ2n) is 9.94. The summed E-state index contributed by atoms with van der Waals surface area (Å²) >= 11 is 1.56. The number of benzene rings is 2. The summed E-state index contributed by atoms with van der Waals surface area (Å²) in [6, 6.07) is 19.0. The van der Waals surface area contributed by atoms with E-state index in [0.29, 0.717) is 22.0 Å². The maximum atomic E-state index is 13.5. The summed E-state index contributed by atoms with van der Waals surface area (Å²) in [7, 11) is 0. The van der Waals surface area contributed by atoms with Crippen LogP contribution in [0.4, 0.5) is 5.00 Å². The van der Waals surface area contributed by atoms with E-state index in [1.165, 1.54) is 4.88 Å². The maximum Gasteiger partial charge on any atom is 0.256 e. The summed E-state index contributed by atoms with van der Waals surface area (Å²) in [4.78, 5) is 27.7. The normalized spacial score (nSPS) is 16.5. The van der Waals surface area contributed by atoms with E-state index < -0.39 is 0 Å². The van der Waals surface area contributed by atoms with Gasteiger partial charge in [0.25, 0.3) is 11.8 Å². The topological polar surface area (TPSA) is 58.2 Å². The van der Waals surface area contributed by atoms with Gasteiger partial charge in [-0.15, -0.1) is 11.3 Å². The Morgan fingerprint density at radius 3 is 2.24 bits per heavy atom. The van der Waals surface area contributed by atoms with Crippen LogP contribution in [0.3, 0.4) is 0 Å². The lowest BCUT2D eigenvalue weighted by molar-refractivity contribution is 0.0939. The molecule has 3 aromatic rings. The molecule has 0 unspecified atom stereocenters. The first-order valence-electron chi connectivity index (χ1n) is 11.6. The van der Waals surface area contributed by atoms with Crippen molar-refractivity contribution in [1.82, 2.24) is 5.32 Å². The molecule has 2 aromatic carbocycles. The molecule has 1 heterocycles. The SMILES string of the molecule is C[C@H](NC(=O)c1c(NC(=O)c2ccccc2)sc2c1CC[C@H](C(C)(C)C)C2)c1ccccc1. The minimum atomic E-state index is -0.188. The van der Waals surface area contributed by atoms with Crippen LogP contribution < -0.4 is 10.6 Å². The molecule has 0 spiro atoms. The van der Waals surface area contributed by atoms with Crippen LogP contribution in [0.5, 0.6) is 0 Å². The van der Waals surface area contributed by atoms with Gasteiger partial charge < -0.3 is 10.6 Å². The molecule has 0 fully saturated rings. The average molecular weight is 461 g/mol. The molecule has 1 aliphatic carbocycles. The first-order chi connectivity index (χ1) is 15.7. The standard InChI is InChI=1S/C28H32N2O2S/c1-18(19-11-7-5-8-12-19)29-26(32)24-22-16-15-21(28(2,3)4)17-23(22)33-27(24)30-25(31)20-13-9-6-10-14-20/h5-14,18,21H,15-17H2,1-4H3,(H,29,32)(H,30,31)/t18-,21-/m0/s1. The number of anilines is 1. The number of hydrogen-bond donors (Lipinski definition) is 2. The fourth-order valence-corrected chi connectivity index (χ4v) is 5.83. The molecule has 33 heavy (non-hydrogen) atoms. The summed E-state index contributed by atoms with van der Waals surface area (Å²) in [6.07, 6.45) is 2.85. The Morgan fingerprint density at radius 1 is 0.970 bits per heavy atom. The number of fused-ring (bicyclic) bond motifs is 1. The average Bonchev–Trinajstić information content (AvgIpc) is 3.16. The van der Waals surface area contributed by atoms with Crippen molar-refractivity contribution in [2.75, 3.05) is 5.32 Å². The smallest absolute Gasteiger partial charge is 0.256 e. The van der Waals surface area contributed by atoms with Crippen LogP contribution in [-0.4, -0.2) is 11.8 Å². The predicted octanol–water partition coefficient (Wildman–Crippen LogP) is 6.64. The lowest BCUT2D eigenvalue weighted by Crippen LogP contribution is -2.30. The van der Waals surface area contributed by atoms with Gasteiger partial charge in [0.2, 0.25) is 0 Å². The third-order valence-corrected chi connectivity index (χ3v) is 7.80. The molecular formula is C28H32N2O2S. The molecular weight excluding hydrogens is 428 g/mol. The summed E-state index contributed by atoms with van der Waals surface area (Å²) in [6.45, 7) is 8.83. The largest absolute Gasteiger partial charge is 0.345 e. The quantitative estimate of drug-likeness (QED) is 0.448. The molecule has 0 radical (unpaired) electrons. The zero-order chi connectivity index (χ0) is 23.6. The van der Waals surface area contributed by atoms with Crippen molar-refractivity contribution >= 4 is 28.2 Å². The molecule has 2 amide bonds. The van der Waals surface area contributed by atoms with Gasteiger partial charge in [-0.2, -0.15) is 0 Å². The van der Waals surface area contributed by atoms with E-state index in [1.807, 2.05) is 55.5 Å². The zero-order valence-corrected chi connectivity index (χ0v) is 20.6. The van der Waals surface area contributed by atoms with E-state index in [4.69, 9.17) is 0 Å². The molecule has 4 rings (SSSR count). The van der Waals surface area contributed by atoms with E-state index in [-0.39, 0.29) is 23.3 Å². The molecule has 0 saturated heterocycles. The van der Waals surface area contributed by atoms with E-state index >= 15 is 0 Å². The van der Waals surface area contributed by atoms with Crippen molar-refractivity contribution in [1.29, 1.82) is 0 Å². The minimum Gasteiger partial charge on any atom is -0.345 e. The molecule has 1 aromatic heterocycles. The van der Waals surface area contributed by atoms with Crippen LogP contribution in [0, 0.1) is 11.3 Å². The zero-order valence-electron chi connectivity index (χ0n) is 19.8. The molecule has 2 N–H and O–H groups in total. The number of nitrogens with one attached hydrogen (secondary N) is 2. The Labute approximate surface area is 200 Å². The van der Waals surface area contributed by atoms with Crippen LogP contribution in [-0.2, 0) is 12.8 Å². The Hall–Kier alpha value is -2.92. The van der Waals surface area contributed by atoms with Gasteiger partial charge in [0, 0.05) is 10.4 Å². The van der Waals surface area contributed by atoms with Gasteiger partial charge in [-0.25, -0.2) is 0 Å². The number of hydrogen-bond acceptors (Lipinski definition) is 3. The highest BCUT2D eigenvalue weighted by molar-refractivity contribution is 7.17. The lowest BCUT2D eigenvalue weighted by atomic mass is 9.72. The molecule has 0 bridgehead atoms. The molecule has 2 atom stereocenters. The van der Waals surface area contributed by atoms with Gasteiger partial charge in [-0.05, 0) is 60.8 Å².